The van der Waals surface area contributed by atoms with E-state index in [2.05, 4.69) is 4.98 Å². The number of aromatic nitrogens is 1. The second-order valence-corrected chi connectivity index (χ2v) is 4.53. The maximum Gasteiger partial charge on any atom is 0.212 e. The van der Waals surface area contributed by atoms with Crippen molar-refractivity contribution in [3.63, 3.8) is 0 Å². The van der Waals surface area contributed by atoms with E-state index in [0.717, 1.165) is 0 Å². The minimum atomic E-state index is -1.05. The van der Waals surface area contributed by atoms with Gasteiger partial charge >= 0.3 is 0 Å². The summed E-state index contributed by atoms with van der Waals surface area (Å²) >= 11 is 0. The van der Waals surface area contributed by atoms with Gasteiger partial charge in [0.2, 0.25) is 5.95 Å². The summed E-state index contributed by atoms with van der Waals surface area (Å²) in [5.41, 5.74) is 12.5. The SMILES string of the molecule is C[C@H](N)[C@](N)(c1ccc(F)cc1)c1ccc(F)nc1. The lowest BCUT2D eigenvalue weighted by Gasteiger charge is -2.34. The van der Waals surface area contributed by atoms with Crippen LogP contribution >= 0.6 is 0 Å². The number of benzene rings is 1. The molecule has 5 heteroatoms. The predicted octanol–water partition coefficient (Wildman–Crippen LogP) is 1.91. The highest BCUT2D eigenvalue weighted by molar-refractivity contribution is 5.38. The number of nitrogens with two attached hydrogens (primary N) is 2. The average molecular weight is 263 g/mol. The van der Waals surface area contributed by atoms with Crippen molar-refractivity contribution in [1.29, 1.82) is 0 Å². The number of nitrogens with zero attached hydrogens (tertiary/aromatic N) is 1. The van der Waals surface area contributed by atoms with Crippen LogP contribution in [0, 0.1) is 11.8 Å². The standard InChI is InChI=1S/C14H15F2N3/c1-9(17)14(18,10-2-5-12(15)6-3-10)11-4-7-13(16)19-8-11/h2-9H,17-18H2,1H3/t9-,14-/m0/s1. The molecule has 0 saturated carbocycles. The highest BCUT2D eigenvalue weighted by atomic mass is 19.1. The Bertz CT molecular complexity index is 504. The maximum absolute atomic E-state index is 13.0. The minimum Gasteiger partial charge on any atom is -0.326 e. The largest absolute Gasteiger partial charge is 0.326 e. The summed E-state index contributed by atoms with van der Waals surface area (Å²) in [6.07, 6.45) is 1.35. The Balaban J connectivity index is 2.54. The van der Waals surface area contributed by atoms with E-state index < -0.39 is 17.5 Å². The van der Waals surface area contributed by atoms with Crippen LogP contribution in [-0.4, -0.2) is 11.0 Å². The Hall–Kier alpha value is -1.85. The molecule has 0 radical (unpaired) electrons. The fraction of sp³-hybridized carbons (Fsp3) is 0.214. The van der Waals surface area contributed by atoms with Crippen LogP contribution in [0.15, 0.2) is 42.6 Å². The summed E-state index contributed by atoms with van der Waals surface area (Å²) in [4.78, 5) is 3.59. The zero-order valence-corrected chi connectivity index (χ0v) is 10.5. The minimum absolute atomic E-state index is 0.354. The lowest BCUT2D eigenvalue weighted by Crippen LogP contribution is -2.51. The van der Waals surface area contributed by atoms with Crippen LogP contribution in [0.2, 0.25) is 0 Å². The molecule has 19 heavy (non-hydrogen) atoms. The van der Waals surface area contributed by atoms with Gasteiger partial charge in [0.05, 0.1) is 5.54 Å². The number of rotatable bonds is 3. The Kier molecular flexibility index (Phi) is 3.59. The van der Waals surface area contributed by atoms with Crippen LogP contribution in [0.1, 0.15) is 18.1 Å². The zero-order chi connectivity index (χ0) is 14.0. The monoisotopic (exact) mass is 263 g/mol. The van der Waals surface area contributed by atoms with Gasteiger partial charge in [-0.05, 0) is 36.2 Å². The summed E-state index contributed by atoms with van der Waals surface area (Å²) in [7, 11) is 0. The Labute approximate surface area is 110 Å². The molecule has 0 fully saturated rings. The molecule has 0 unspecified atom stereocenters. The molecule has 0 aliphatic rings. The van der Waals surface area contributed by atoms with Gasteiger partial charge in [0.1, 0.15) is 5.82 Å². The van der Waals surface area contributed by atoms with Gasteiger partial charge in [-0.15, -0.1) is 0 Å². The van der Waals surface area contributed by atoms with Gasteiger partial charge in [-0.1, -0.05) is 18.2 Å². The predicted molar refractivity (Wildman–Crippen MR) is 69.2 cm³/mol. The Morgan fingerprint density at radius 3 is 2.11 bits per heavy atom. The van der Waals surface area contributed by atoms with Crippen molar-refractivity contribution >= 4 is 0 Å². The first kappa shape index (κ1) is 13.6. The molecule has 0 aliphatic carbocycles. The molecule has 1 aromatic carbocycles. The quantitative estimate of drug-likeness (QED) is 0.831. The third-order valence-electron chi connectivity index (χ3n) is 3.25. The highest BCUT2D eigenvalue weighted by Crippen LogP contribution is 2.29. The fourth-order valence-corrected chi connectivity index (χ4v) is 2.04. The van der Waals surface area contributed by atoms with E-state index in [9.17, 15) is 8.78 Å². The number of hydrogen-bond donors (Lipinski definition) is 2. The van der Waals surface area contributed by atoms with Crippen LogP contribution in [-0.2, 0) is 5.54 Å². The molecular formula is C14H15F2N3. The molecule has 0 spiro atoms. The summed E-state index contributed by atoms with van der Waals surface area (Å²) in [6.45, 7) is 1.74. The van der Waals surface area contributed by atoms with Crippen molar-refractivity contribution < 1.29 is 8.78 Å². The summed E-state index contributed by atoms with van der Waals surface area (Å²) in [5.74, 6) is -0.942. The van der Waals surface area contributed by atoms with Gasteiger partial charge in [0.15, 0.2) is 0 Å². The van der Waals surface area contributed by atoms with E-state index in [1.165, 1.54) is 30.5 Å². The molecule has 100 valence electrons. The van der Waals surface area contributed by atoms with Gasteiger partial charge in [-0.2, -0.15) is 4.39 Å². The van der Waals surface area contributed by atoms with Gasteiger partial charge in [0, 0.05) is 12.2 Å². The molecule has 0 bridgehead atoms. The van der Waals surface area contributed by atoms with E-state index in [0.29, 0.717) is 11.1 Å². The summed E-state index contributed by atoms with van der Waals surface area (Å²) in [5, 5.41) is 0. The van der Waals surface area contributed by atoms with Gasteiger partial charge in [-0.25, -0.2) is 9.37 Å². The fourth-order valence-electron chi connectivity index (χ4n) is 2.04. The topological polar surface area (TPSA) is 64.9 Å². The van der Waals surface area contributed by atoms with Gasteiger partial charge in [0.25, 0.3) is 0 Å². The van der Waals surface area contributed by atoms with Gasteiger partial charge < -0.3 is 11.5 Å². The maximum atomic E-state index is 13.0. The van der Waals surface area contributed by atoms with Crippen molar-refractivity contribution in [1.82, 2.24) is 4.98 Å². The lowest BCUT2D eigenvalue weighted by atomic mass is 9.79. The molecule has 1 heterocycles. The molecule has 4 N–H and O–H groups in total. The molecule has 2 aromatic rings. The van der Waals surface area contributed by atoms with E-state index in [-0.39, 0.29) is 5.82 Å². The van der Waals surface area contributed by atoms with Crippen molar-refractivity contribution in [3.05, 3.63) is 65.5 Å². The van der Waals surface area contributed by atoms with Crippen LogP contribution in [0.5, 0.6) is 0 Å². The summed E-state index contributed by atoms with van der Waals surface area (Å²) in [6, 6.07) is 8.08. The molecular weight excluding hydrogens is 248 g/mol. The highest BCUT2D eigenvalue weighted by Gasteiger charge is 2.34. The number of hydrogen-bond acceptors (Lipinski definition) is 3. The summed E-state index contributed by atoms with van der Waals surface area (Å²) < 4.78 is 25.9. The van der Waals surface area contributed by atoms with E-state index in [1.54, 1.807) is 19.1 Å². The smallest absolute Gasteiger partial charge is 0.212 e. The van der Waals surface area contributed by atoms with E-state index >= 15 is 0 Å². The molecule has 2 atom stereocenters. The first-order chi connectivity index (χ1) is 8.94. The molecule has 3 nitrogen and oxygen atoms in total. The van der Waals surface area contributed by atoms with Crippen molar-refractivity contribution in [3.8, 4) is 0 Å². The normalized spacial score (nSPS) is 15.8. The zero-order valence-electron chi connectivity index (χ0n) is 10.5. The Morgan fingerprint density at radius 2 is 1.63 bits per heavy atom. The molecule has 0 aliphatic heterocycles. The van der Waals surface area contributed by atoms with Crippen molar-refractivity contribution in [2.24, 2.45) is 11.5 Å². The second-order valence-electron chi connectivity index (χ2n) is 4.53. The van der Waals surface area contributed by atoms with Crippen LogP contribution in [0.3, 0.4) is 0 Å². The van der Waals surface area contributed by atoms with Gasteiger partial charge in [-0.3, -0.25) is 0 Å². The number of pyridine rings is 1. The van der Waals surface area contributed by atoms with E-state index in [1.807, 2.05) is 0 Å². The van der Waals surface area contributed by atoms with E-state index in [4.69, 9.17) is 11.5 Å². The number of halogens is 2. The third-order valence-corrected chi connectivity index (χ3v) is 3.25. The molecule has 0 saturated heterocycles. The average Bonchev–Trinajstić information content (AvgIpc) is 2.39. The molecule has 2 rings (SSSR count). The lowest BCUT2D eigenvalue weighted by molar-refractivity contribution is 0.441. The Morgan fingerprint density at radius 1 is 1.05 bits per heavy atom. The van der Waals surface area contributed by atoms with Crippen molar-refractivity contribution in [2.75, 3.05) is 0 Å². The first-order valence-electron chi connectivity index (χ1n) is 5.87. The molecule has 1 aromatic heterocycles. The third kappa shape index (κ3) is 2.47. The first-order valence-corrected chi connectivity index (χ1v) is 5.87. The van der Waals surface area contributed by atoms with Crippen LogP contribution in [0.25, 0.3) is 0 Å². The van der Waals surface area contributed by atoms with Crippen LogP contribution in [0.4, 0.5) is 8.78 Å². The van der Waals surface area contributed by atoms with Crippen LogP contribution < -0.4 is 11.5 Å². The molecule has 0 amide bonds. The van der Waals surface area contributed by atoms with Crippen molar-refractivity contribution in [2.45, 2.75) is 18.5 Å². The second kappa shape index (κ2) is 5.03.